The van der Waals surface area contributed by atoms with E-state index < -0.39 is 0 Å². The second-order valence-corrected chi connectivity index (χ2v) is 9.72. The molecule has 3 amide bonds. The van der Waals surface area contributed by atoms with E-state index in [1.807, 2.05) is 17.1 Å². The Balaban J connectivity index is 1.13. The third-order valence-corrected chi connectivity index (χ3v) is 7.79. The number of nitrogens with one attached hydrogen (secondary N) is 4. The SMILES string of the molecule is O=C(CCCC[C@@H]1SC[C@@H]2NC(=O)N[C@@H]21)Nc1nc(CN2CCNCC2)cs1. The van der Waals surface area contributed by atoms with E-state index in [0.29, 0.717) is 16.8 Å². The summed E-state index contributed by atoms with van der Waals surface area (Å²) in [5, 5.41) is 15.5. The third-order valence-electron chi connectivity index (χ3n) is 5.47. The molecule has 1 aromatic rings. The van der Waals surface area contributed by atoms with Crippen molar-refractivity contribution in [2.75, 3.05) is 37.2 Å². The third kappa shape index (κ3) is 5.16. The number of hydrogen-bond acceptors (Lipinski definition) is 7. The highest BCUT2D eigenvalue weighted by Gasteiger charge is 2.42. The maximum Gasteiger partial charge on any atom is 0.315 e. The van der Waals surface area contributed by atoms with Crippen molar-refractivity contribution in [1.82, 2.24) is 25.8 Å². The fourth-order valence-electron chi connectivity index (χ4n) is 3.99. The monoisotopic (exact) mass is 424 g/mol. The Hall–Kier alpha value is -1.36. The number of thiazole rings is 1. The smallest absolute Gasteiger partial charge is 0.315 e. The number of thioether (sulfide) groups is 1. The first kappa shape index (κ1) is 19.9. The number of nitrogens with zero attached hydrogens (tertiary/aromatic N) is 2. The van der Waals surface area contributed by atoms with Gasteiger partial charge in [0.25, 0.3) is 0 Å². The highest BCUT2D eigenvalue weighted by atomic mass is 32.2. The van der Waals surface area contributed by atoms with Gasteiger partial charge in [-0.25, -0.2) is 9.78 Å². The van der Waals surface area contributed by atoms with E-state index in [1.165, 1.54) is 11.3 Å². The summed E-state index contributed by atoms with van der Waals surface area (Å²) in [4.78, 5) is 30.5. The molecule has 0 bridgehead atoms. The minimum absolute atomic E-state index is 0.0378. The van der Waals surface area contributed by atoms with E-state index in [4.69, 9.17) is 0 Å². The molecule has 0 saturated carbocycles. The van der Waals surface area contributed by atoms with Crippen molar-refractivity contribution < 1.29 is 9.59 Å². The number of carbonyl (C=O) groups is 2. The van der Waals surface area contributed by atoms with Gasteiger partial charge in [-0.1, -0.05) is 6.42 Å². The molecular weight excluding hydrogens is 396 g/mol. The van der Waals surface area contributed by atoms with Gasteiger partial charge in [0.1, 0.15) is 0 Å². The van der Waals surface area contributed by atoms with Gasteiger partial charge in [-0.15, -0.1) is 11.3 Å². The Morgan fingerprint density at radius 1 is 1.29 bits per heavy atom. The summed E-state index contributed by atoms with van der Waals surface area (Å²) in [6.45, 7) is 4.98. The Bertz CT molecular complexity index is 693. The van der Waals surface area contributed by atoms with Crippen LogP contribution in [0.15, 0.2) is 5.38 Å². The number of piperazine rings is 1. The van der Waals surface area contributed by atoms with E-state index in [-0.39, 0.29) is 24.0 Å². The van der Waals surface area contributed by atoms with Crippen LogP contribution in [0.4, 0.5) is 9.93 Å². The van der Waals surface area contributed by atoms with Crippen LogP contribution in [0.3, 0.4) is 0 Å². The molecular formula is C18H28N6O2S2. The normalized spacial score (nSPS) is 27.3. The van der Waals surface area contributed by atoms with Gasteiger partial charge in [0, 0.05) is 55.5 Å². The molecule has 154 valence electrons. The minimum Gasteiger partial charge on any atom is -0.332 e. The molecule has 10 heteroatoms. The van der Waals surface area contributed by atoms with Crippen molar-refractivity contribution in [3.63, 3.8) is 0 Å². The fourth-order valence-corrected chi connectivity index (χ4v) is 6.25. The summed E-state index contributed by atoms with van der Waals surface area (Å²) in [7, 11) is 0. The molecule has 4 rings (SSSR count). The number of amides is 3. The summed E-state index contributed by atoms with van der Waals surface area (Å²) >= 11 is 3.42. The lowest BCUT2D eigenvalue weighted by atomic mass is 10.0. The predicted octanol–water partition coefficient (Wildman–Crippen LogP) is 1.21. The molecule has 0 unspecified atom stereocenters. The second-order valence-electron chi connectivity index (χ2n) is 7.59. The molecule has 3 aliphatic heterocycles. The van der Waals surface area contributed by atoms with Gasteiger partial charge in [-0.2, -0.15) is 11.8 Å². The van der Waals surface area contributed by atoms with E-state index >= 15 is 0 Å². The van der Waals surface area contributed by atoms with Gasteiger partial charge in [-0.05, 0) is 12.8 Å². The van der Waals surface area contributed by atoms with Crippen molar-refractivity contribution >= 4 is 40.2 Å². The summed E-state index contributed by atoms with van der Waals surface area (Å²) < 4.78 is 0. The fraction of sp³-hybridized carbons (Fsp3) is 0.722. The quantitative estimate of drug-likeness (QED) is 0.370. The lowest BCUT2D eigenvalue weighted by Crippen LogP contribution is -2.42. The van der Waals surface area contributed by atoms with Crippen molar-refractivity contribution in [3.05, 3.63) is 11.1 Å². The lowest BCUT2D eigenvalue weighted by Gasteiger charge is -2.26. The number of fused-ring (bicyclic) bond motifs is 1. The van der Waals surface area contributed by atoms with Crippen LogP contribution in [-0.2, 0) is 11.3 Å². The van der Waals surface area contributed by atoms with Crippen LogP contribution >= 0.6 is 23.1 Å². The highest BCUT2D eigenvalue weighted by Crippen LogP contribution is 2.33. The Kier molecular flexibility index (Phi) is 6.71. The van der Waals surface area contributed by atoms with Crippen LogP contribution in [0.5, 0.6) is 0 Å². The molecule has 4 heterocycles. The molecule has 3 saturated heterocycles. The Morgan fingerprint density at radius 2 is 2.14 bits per heavy atom. The maximum absolute atomic E-state index is 12.2. The minimum atomic E-state index is -0.0422. The summed E-state index contributed by atoms with van der Waals surface area (Å²) in [6, 6.07) is 0.473. The first-order valence-electron chi connectivity index (χ1n) is 10.0. The zero-order chi connectivity index (χ0) is 19.3. The number of rotatable bonds is 8. The number of anilines is 1. The second kappa shape index (κ2) is 9.43. The van der Waals surface area contributed by atoms with E-state index in [1.54, 1.807) is 0 Å². The average Bonchev–Trinajstić information content (AvgIpc) is 3.36. The average molecular weight is 425 g/mol. The van der Waals surface area contributed by atoms with Gasteiger partial charge >= 0.3 is 6.03 Å². The van der Waals surface area contributed by atoms with Crippen LogP contribution < -0.4 is 21.3 Å². The number of aromatic nitrogens is 1. The van der Waals surface area contributed by atoms with Gasteiger partial charge in [0.15, 0.2) is 5.13 Å². The molecule has 0 aromatic carbocycles. The number of carbonyl (C=O) groups excluding carboxylic acids is 2. The van der Waals surface area contributed by atoms with Gasteiger partial charge in [0.05, 0.1) is 17.8 Å². The first-order valence-corrected chi connectivity index (χ1v) is 12.0. The highest BCUT2D eigenvalue weighted by molar-refractivity contribution is 8.00. The Labute approximate surface area is 173 Å². The standard InChI is InChI=1S/C18H28N6O2S2/c25-15(4-2-1-3-14-16-13(11-27-14)21-17(26)23-16)22-18-20-12(10-28-18)9-24-7-5-19-6-8-24/h10,13-14,16,19H,1-9,11H2,(H,20,22,25)(H2,21,23,26)/t13-,14-,16-/m0/s1. The van der Waals surface area contributed by atoms with E-state index in [0.717, 1.165) is 63.4 Å². The first-order chi connectivity index (χ1) is 13.7. The van der Waals surface area contributed by atoms with Crippen molar-refractivity contribution in [2.24, 2.45) is 0 Å². The van der Waals surface area contributed by atoms with Gasteiger partial charge < -0.3 is 21.3 Å². The van der Waals surface area contributed by atoms with Gasteiger partial charge in [-0.3, -0.25) is 9.69 Å². The molecule has 3 fully saturated rings. The molecule has 3 aliphatic rings. The topological polar surface area (TPSA) is 98.4 Å². The number of urea groups is 1. The van der Waals surface area contributed by atoms with E-state index in [2.05, 4.69) is 31.2 Å². The molecule has 0 radical (unpaired) electrons. The summed E-state index contributed by atoms with van der Waals surface area (Å²) in [6.07, 6.45) is 3.41. The van der Waals surface area contributed by atoms with Crippen LogP contribution in [0.2, 0.25) is 0 Å². The van der Waals surface area contributed by atoms with Crippen molar-refractivity contribution in [2.45, 2.75) is 49.6 Å². The number of hydrogen-bond donors (Lipinski definition) is 4. The maximum atomic E-state index is 12.2. The predicted molar refractivity (Wildman–Crippen MR) is 113 cm³/mol. The van der Waals surface area contributed by atoms with Crippen LogP contribution in [-0.4, -0.2) is 71.1 Å². The summed E-state index contributed by atoms with van der Waals surface area (Å²) in [5.74, 6) is 1.02. The molecule has 8 nitrogen and oxygen atoms in total. The zero-order valence-electron chi connectivity index (χ0n) is 15.9. The zero-order valence-corrected chi connectivity index (χ0v) is 17.5. The van der Waals surface area contributed by atoms with Crippen LogP contribution in [0, 0.1) is 0 Å². The molecule has 28 heavy (non-hydrogen) atoms. The van der Waals surface area contributed by atoms with Crippen LogP contribution in [0.25, 0.3) is 0 Å². The molecule has 4 N–H and O–H groups in total. The molecule has 0 spiro atoms. The van der Waals surface area contributed by atoms with E-state index in [9.17, 15) is 9.59 Å². The largest absolute Gasteiger partial charge is 0.332 e. The van der Waals surface area contributed by atoms with Gasteiger partial charge in [0.2, 0.25) is 5.91 Å². The van der Waals surface area contributed by atoms with Crippen LogP contribution in [0.1, 0.15) is 31.4 Å². The molecule has 1 aromatic heterocycles. The molecule has 3 atom stereocenters. The molecule has 0 aliphatic carbocycles. The van der Waals surface area contributed by atoms with Crippen molar-refractivity contribution in [3.8, 4) is 0 Å². The summed E-state index contributed by atoms with van der Waals surface area (Å²) in [5.41, 5.74) is 1.03. The lowest BCUT2D eigenvalue weighted by molar-refractivity contribution is -0.116. The number of unbranched alkanes of at least 4 members (excludes halogenated alkanes) is 1. The van der Waals surface area contributed by atoms with Crippen molar-refractivity contribution in [1.29, 1.82) is 0 Å². The Morgan fingerprint density at radius 3 is 3.00 bits per heavy atom.